The maximum atomic E-state index is 11.8. The monoisotopic (exact) mass is 269 g/mol. The fourth-order valence-corrected chi connectivity index (χ4v) is 3.95. The average Bonchev–Trinajstić information content (AvgIpc) is 3.08. The molecule has 0 spiro atoms. The summed E-state index contributed by atoms with van der Waals surface area (Å²) in [5, 5.41) is 8.18. The Labute approximate surface area is 110 Å². The van der Waals surface area contributed by atoms with Crippen LogP contribution in [-0.2, 0) is 11.3 Å². The minimum absolute atomic E-state index is 0.106. The highest BCUT2D eigenvalue weighted by molar-refractivity contribution is 7.99. The van der Waals surface area contributed by atoms with Crippen molar-refractivity contribution in [2.75, 3.05) is 6.61 Å². The highest BCUT2D eigenvalue weighted by atomic mass is 32.2. The molecule has 0 aromatic carbocycles. The van der Waals surface area contributed by atoms with Crippen LogP contribution in [0.25, 0.3) is 0 Å². The number of thioether (sulfide) groups is 1. The van der Waals surface area contributed by atoms with E-state index < -0.39 is 0 Å². The minimum atomic E-state index is -0.106. The van der Waals surface area contributed by atoms with Crippen molar-refractivity contribution in [2.45, 2.75) is 61.6 Å². The normalized spacial score (nSPS) is 25.0. The quantitative estimate of drug-likeness (QED) is 0.905. The predicted octanol–water partition coefficient (Wildman–Crippen LogP) is 1.79. The van der Waals surface area contributed by atoms with Crippen molar-refractivity contribution in [3.05, 3.63) is 10.5 Å². The smallest absolute Gasteiger partial charge is 0.344 e. The second-order valence-electron chi connectivity index (χ2n) is 5.08. The number of H-pyrrole nitrogens is 1. The molecule has 0 radical (unpaired) electrons. The standard InChI is InChI=1S/C12H19N3O2S/c16-11-13-14-12(18-10-5-1-2-6-10)15(11)8-9-4-3-7-17-9/h9-10H,1-8H2,(H,13,16)/t9-/m0/s1. The van der Waals surface area contributed by atoms with E-state index in [1.807, 2.05) is 0 Å². The lowest BCUT2D eigenvalue weighted by atomic mass is 10.2. The molecule has 1 aliphatic heterocycles. The van der Waals surface area contributed by atoms with Crippen LogP contribution < -0.4 is 5.69 Å². The number of hydrogen-bond donors (Lipinski definition) is 1. The zero-order valence-corrected chi connectivity index (χ0v) is 11.2. The molecule has 18 heavy (non-hydrogen) atoms. The first-order valence-electron chi connectivity index (χ1n) is 6.76. The Bertz CT molecular complexity index is 444. The van der Waals surface area contributed by atoms with Crippen molar-refractivity contribution in [1.29, 1.82) is 0 Å². The van der Waals surface area contributed by atoms with Crippen molar-refractivity contribution in [1.82, 2.24) is 14.8 Å². The average molecular weight is 269 g/mol. The highest BCUT2D eigenvalue weighted by Crippen LogP contribution is 2.33. The molecular weight excluding hydrogens is 250 g/mol. The molecule has 6 heteroatoms. The SMILES string of the molecule is O=c1[nH]nc(SC2CCCC2)n1C[C@@H]1CCCO1. The van der Waals surface area contributed by atoms with Gasteiger partial charge in [-0.15, -0.1) is 5.10 Å². The van der Waals surface area contributed by atoms with Crippen molar-refractivity contribution < 1.29 is 4.74 Å². The second-order valence-corrected chi connectivity index (χ2v) is 6.35. The molecule has 1 N–H and O–H groups in total. The third-order valence-corrected chi connectivity index (χ3v) is 5.03. The summed E-state index contributed by atoms with van der Waals surface area (Å²) in [4.78, 5) is 11.8. The first kappa shape index (κ1) is 12.3. The third-order valence-electron chi connectivity index (χ3n) is 3.71. The summed E-state index contributed by atoms with van der Waals surface area (Å²) in [6.07, 6.45) is 7.42. The van der Waals surface area contributed by atoms with Crippen molar-refractivity contribution >= 4 is 11.8 Å². The molecule has 2 fully saturated rings. The van der Waals surface area contributed by atoms with Gasteiger partial charge in [0, 0.05) is 11.9 Å². The van der Waals surface area contributed by atoms with E-state index in [9.17, 15) is 4.79 Å². The summed E-state index contributed by atoms with van der Waals surface area (Å²) in [7, 11) is 0. The van der Waals surface area contributed by atoms with Gasteiger partial charge in [0.1, 0.15) is 0 Å². The minimum Gasteiger partial charge on any atom is -0.376 e. The van der Waals surface area contributed by atoms with Gasteiger partial charge in [-0.3, -0.25) is 4.57 Å². The van der Waals surface area contributed by atoms with Crippen LogP contribution >= 0.6 is 11.8 Å². The molecule has 1 aliphatic carbocycles. The van der Waals surface area contributed by atoms with E-state index in [1.165, 1.54) is 25.7 Å². The van der Waals surface area contributed by atoms with Crippen molar-refractivity contribution in [3.63, 3.8) is 0 Å². The van der Waals surface area contributed by atoms with E-state index in [4.69, 9.17) is 4.74 Å². The molecule has 1 atom stereocenters. The van der Waals surface area contributed by atoms with Gasteiger partial charge in [0.15, 0.2) is 5.16 Å². The molecular formula is C12H19N3O2S. The molecule has 1 aromatic heterocycles. The summed E-state index contributed by atoms with van der Waals surface area (Å²) in [6.45, 7) is 1.47. The molecule has 2 heterocycles. The van der Waals surface area contributed by atoms with Gasteiger partial charge in [0.2, 0.25) is 0 Å². The lowest BCUT2D eigenvalue weighted by molar-refractivity contribution is 0.0941. The summed E-state index contributed by atoms with van der Waals surface area (Å²) in [5.41, 5.74) is -0.106. The molecule has 0 unspecified atom stereocenters. The Morgan fingerprint density at radius 2 is 2.17 bits per heavy atom. The maximum absolute atomic E-state index is 11.8. The highest BCUT2D eigenvalue weighted by Gasteiger charge is 2.23. The number of nitrogens with one attached hydrogen (secondary N) is 1. The molecule has 1 saturated heterocycles. The van der Waals surface area contributed by atoms with E-state index in [0.29, 0.717) is 11.8 Å². The van der Waals surface area contributed by atoms with Crippen LogP contribution in [0.15, 0.2) is 9.95 Å². The summed E-state index contributed by atoms with van der Waals surface area (Å²) < 4.78 is 7.34. The van der Waals surface area contributed by atoms with Crippen LogP contribution in [-0.4, -0.2) is 32.7 Å². The van der Waals surface area contributed by atoms with Crippen LogP contribution in [0.4, 0.5) is 0 Å². The lowest BCUT2D eigenvalue weighted by Crippen LogP contribution is -2.25. The number of aromatic nitrogens is 3. The van der Waals surface area contributed by atoms with Crippen LogP contribution in [0.3, 0.4) is 0 Å². The molecule has 1 saturated carbocycles. The summed E-state index contributed by atoms with van der Waals surface area (Å²) in [5.74, 6) is 0. The number of hydrogen-bond acceptors (Lipinski definition) is 4. The van der Waals surface area contributed by atoms with E-state index in [0.717, 1.165) is 24.6 Å². The van der Waals surface area contributed by atoms with Crippen LogP contribution in [0.1, 0.15) is 38.5 Å². The zero-order chi connectivity index (χ0) is 12.4. The van der Waals surface area contributed by atoms with Gasteiger partial charge >= 0.3 is 5.69 Å². The molecule has 5 nitrogen and oxygen atoms in total. The zero-order valence-electron chi connectivity index (χ0n) is 10.4. The second kappa shape index (κ2) is 5.48. The fourth-order valence-electron chi connectivity index (χ4n) is 2.70. The van der Waals surface area contributed by atoms with Gasteiger partial charge in [0.05, 0.1) is 12.6 Å². The number of rotatable bonds is 4. The molecule has 1 aromatic rings. The molecule has 0 bridgehead atoms. The lowest BCUT2D eigenvalue weighted by Gasteiger charge is -2.12. The fraction of sp³-hybridized carbons (Fsp3) is 0.833. The summed E-state index contributed by atoms with van der Waals surface area (Å²) >= 11 is 1.75. The Balaban J connectivity index is 1.70. The number of aromatic amines is 1. The van der Waals surface area contributed by atoms with E-state index in [2.05, 4.69) is 10.2 Å². The Hall–Kier alpha value is -0.750. The van der Waals surface area contributed by atoms with Crippen molar-refractivity contribution in [2.24, 2.45) is 0 Å². The largest absolute Gasteiger partial charge is 0.376 e. The van der Waals surface area contributed by atoms with E-state index in [-0.39, 0.29) is 11.8 Å². The van der Waals surface area contributed by atoms with Gasteiger partial charge in [-0.2, -0.15) is 0 Å². The number of ether oxygens (including phenoxy) is 1. The Morgan fingerprint density at radius 1 is 1.33 bits per heavy atom. The molecule has 0 amide bonds. The van der Waals surface area contributed by atoms with Gasteiger partial charge in [-0.1, -0.05) is 24.6 Å². The van der Waals surface area contributed by atoms with Crippen LogP contribution in [0.5, 0.6) is 0 Å². The van der Waals surface area contributed by atoms with Gasteiger partial charge in [0.25, 0.3) is 0 Å². The first-order valence-corrected chi connectivity index (χ1v) is 7.64. The van der Waals surface area contributed by atoms with Gasteiger partial charge in [-0.05, 0) is 25.7 Å². The Morgan fingerprint density at radius 3 is 2.89 bits per heavy atom. The van der Waals surface area contributed by atoms with E-state index >= 15 is 0 Å². The van der Waals surface area contributed by atoms with Crippen molar-refractivity contribution in [3.8, 4) is 0 Å². The summed E-state index contributed by atoms with van der Waals surface area (Å²) in [6, 6.07) is 0. The first-order chi connectivity index (χ1) is 8.83. The van der Waals surface area contributed by atoms with Gasteiger partial charge in [-0.25, -0.2) is 9.89 Å². The number of nitrogens with zero attached hydrogens (tertiary/aromatic N) is 2. The van der Waals surface area contributed by atoms with E-state index in [1.54, 1.807) is 16.3 Å². The molecule has 3 rings (SSSR count). The predicted molar refractivity (Wildman–Crippen MR) is 69.9 cm³/mol. The Kier molecular flexibility index (Phi) is 3.75. The molecule has 2 aliphatic rings. The van der Waals surface area contributed by atoms with Crippen LogP contribution in [0.2, 0.25) is 0 Å². The topological polar surface area (TPSA) is 59.9 Å². The third kappa shape index (κ3) is 2.64. The maximum Gasteiger partial charge on any atom is 0.344 e. The molecule has 100 valence electrons. The van der Waals surface area contributed by atoms with Crippen LogP contribution in [0, 0.1) is 0 Å². The van der Waals surface area contributed by atoms with Gasteiger partial charge < -0.3 is 4.74 Å².